The smallest absolute Gasteiger partial charge is 0.182 e. The predicted octanol–water partition coefficient (Wildman–Crippen LogP) is 4.48. The molecule has 0 amide bonds. The summed E-state index contributed by atoms with van der Waals surface area (Å²) < 4.78 is 1.75. The third-order valence-electron chi connectivity index (χ3n) is 3.40. The van der Waals surface area contributed by atoms with Gasteiger partial charge in [0.05, 0.1) is 5.02 Å². The first kappa shape index (κ1) is 13.4. The molecule has 0 aliphatic carbocycles. The second-order valence-electron chi connectivity index (χ2n) is 4.97. The number of aryl methyl sites for hydroxylation is 1. The molecule has 0 atom stereocenters. The SMILES string of the molecule is Cc1ccc(-c2nn3c(-c4ccccc4Cl)nnc3s2)cc1. The van der Waals surface area contributed by atoms with Crippen molar-refractivity contribution in [3.05, 3.63) is 59.1 Å². The van der Waals surface area contributed by atoms with Crippen LogP contribution in [0.5, 0.6) is 0 Å². The van der Waals surface area contributed by atoms with Crippen molar-refractivity contribution in [1.29, 1.82) is 0 Å². The van der Waals surface area contributed by atoms with E-state index < -0.39 is 0 Å². The molecule has 22 heavy (non-hydrogen) atoms. The maximum Gasteiger partial charge on any atom is 0.235 e. The van der Waals surface area contributed by atoms with Crippen LogP contribution in [0.25, 0.3) is 26.9 Å². The van der Waals surface area contributed by atoms with Crippen LogP contribution in [0.2, 0.25) is 5.02 Å². The number of rotatable bonds is 2. The average molecular weight is 327 g/mol. The summed E-state index contributed by atoms with van der Waals surface area (Å²) in [6.45, 7) is 2.07. The monoisotopic (exact) mass is 326 g/mol. The molecule has 0 bridgehead atoms. The molecule has 0 aliphatic heterocycles. The van der Waals surface area contributed by atoms with Crippen LogP contribution < -0.4 is 0 Å². The lowest BCUT2D eigenvalue weighted by molar-refractivity contribution is 0.970. The molecule has 0 radical (unpaired) electrons. The minimum absolute atomic E-state index is 0.640. The van der Waals surface area contributed by atoms with Gasteiger partial charge in [-0.3, -0.25) is 0 Å². The van der Waals surface area contributed by atoms with Crippen LogP contribution in [-0.2, 0) is 0 Å². The van der Waals surface area contributed by atoms with Crippen molar-refractivity contribution in [2.75, 3.05) is 0 Å². The van der Waals surface area contributed by atoms with E-state index in [1.807, 2.05) is 24.3 Å². The number of benzene rings is 2. The number of fused-ring (bicyclic) bond motifs is 1. The van der Waals surface area contributed by atoms with Gasteiger partial charge < -0.3 is 0 Å². The number of hydrogen-bond donors (Lipinski definition) is 0. The Morgan fingerprint density at radius 1 is 1.00 bits per heavy atom. The highest BCUT2D eigenvalue weighted by Crippen LogP contribution is 2.30. The first-order valence-corrected chi connectivity index (χ1v) is 7.96. The molecule has 4 nitrogen and oxygen atoms in total. The molecule has 0 spiro atoms. The molecule has 108 valence electrons. The fraction of sp³-hybridized carbons (Fsp3) is 0.0625. The van der Waals surface area contributed by atoms with Gasteiger partial charge >= 0.3 is 0 Å². The van der Waals surface area contributed by atoms with E-state index in [4.69, 9.17) is 11.6 Å². The summed E-state index contributed by atoms with van der Waals surface area (Å²) in [6, 6.07) is 15.9. The highest BCUT2D eigenvalue weighted by Gasteiger charge is 2.15. The Labute approximate surface area is 136 Å². The molecular formula is C16H11ClN4S. The quantitative estimate of drug-likeness (QED) is 0.545. The lowest BCUT2D eigenvalue weighted by Crippen LogP contribution is -1.91. The van der Waals surface area contributed by atoms with Gasteiger partial charge in [-0.2, -0.15) is 9.61 Å². The summed E-state index contributed by atoms with van der Waals surface area (Å²) in [7, 11) is 0. The molecule has 4 aromatic rings. The van der Waals surface area contributed by atoms with Gasteiger partial charge in [0.1, 0.15) is 5.01 Å². The standard InChI is InChI=1S/C16H11ClN4S/c1-10-6-8-11(9-7-10)15-20-21-14(18-19-16(21)22-15)12-4-2-3-5-13(12)17/h2-9H,1H3. The van der Waals surface area contributed by atoms with Crippen molar-refractivity contribution in [2.24, 2.45) is 0 Å². The summed E-state index contributed by atoms with van der Waals surface area (Å²) in [5, 5.41) is 14.6. The highest BCUT2D eigenvalue weighted by atomic mass is 35.5. The number of aromatic nitrogens is 4. The minimum Gasteiger partial charge on any atom is -0.182 e. The van der Waals surface area contributed by atoms with E-state index in [1.165, 1.54) is 16.9 Å². The van der Waals surface area contributed by atoms with Crippen LogP contribution in [0.1, 0.15) is 5.56 Å². The summed E-state index contributed by atoms with van der Waals surface area (Å²) in [5.41, 5.74) is 3.13. The van der Waals surface area contributed by atoms with Crippen LogP contribution in [0.3, 0.4) is 0 Å². The zero-order valence-electron chi connectivity index (χ0n) is 11.7. The van der Waals surface area contributed by atoms with Crippen molar-refractivity contribution in [3.8, 4) is 22.0 Å². The van der Waals surface area contributed by atoms with E-state index in [0.29, 0.717) is 10.8 Å². The lowest BCUT2D eigenvalue weighted by Gasteiger charge is -1.99. The van der Waals surface area contributed by atoms with Crippen LogP contribution in [-0.4, -0.2) is 19.8 Å². The van der Waals surface area contributed by atoms with Crippen molar-refractivity contribution >= 4 is 27.9 Å². The van der Waals surface area contributed by atoms with Gasteiger partial charge in [0.15, 0.2) is 5.82 Å². The summed E-state index contributed by atoms with van der Waals surface area (Å²) >= 11 is 7.76. The maximum absolute atomic E-state index is 6.25. The van der Waals surface area contributed by atoms with Crippen LogP contribution in [0.4, 0.5) is 0 Å². The molecular weight excluding hydrogens is 316 g/mol. The van der Waals surface area contributed by atoms with Gasteiger partial charge in [-0.05, 0) is 19.1 Å². The first-order chi connectivity index (χ1) is 10.7. The predicted molar refractivity (Wildman–Crippen MR) is 89.3 cm³/mol. The highest BCUT2D eigenvalue weighted by molar-refractivity contribution is 7.19. The minimum atomic E-state index is 0.640. The number of hydrogen-bond acceptors (Lipinski definition) is 4. The molecule has 0 saturated heterocycles. The van der Waals surface area contributed by atoms with Crippen molar-refractivity contribution in [2.45, 2.75) is 6.92 Å². The number of nitrogens with zero attached hydrogens (tertiary/aromatic N) is 4. The van der Waals surface area contributed by atoms with Crippen LogP contribution in [0, 0.1) is 6.92 Å². The van der Waals surface area contributed by atoms with E-state index in [-0.39, 0.29) is 0 Å². The Balaban J connectivity index is 1.86. The van der Waals surface area contributed by atoms with Gasteiger partial charge in [-0.25, -0.2) is 0 Å². The first-order valence-electron chi connectivity index (χ1n) is 6.76. The molecule has 2 aromatic heterocycles. The topological polar surface area (TPSA) is 43.1 Å². The lowest BCUT2D eigenvalue weighted by atomic mass is 10.2. The van der Waals surface area contributed by atoms with E-state index in [9.17, 15) is 0 Å². The third-order valence-corrected chi connectivity index (χ3v) is 4.68. The van der Waals surface area contributed by atoms with Gasteiger partial charge in [0.2, 0.25) is 4.96 Å². The molecule has 2 heterocycles. The van der Waals surface area contributed by atoms with Gasteiger partial charge in [0, 0.05) is 11.1 Å². The maximum atomic E-state index is 6.25. The fourth-order valence-corrected chi connectivity index (χ4v) is 3.31. The Bertz CT molecular complexity index is 956. The van der Waals surface area contributed by atoms with Crippen molar-refractivity contribution < 1.29 is 0 Å². The van der Waals surface area contributed by atoms with Crippen molar-refractivity contribution in [3.63, 3.8) is 0 Å². The summed E-state index contributed by atoms with van der Waals surface area (Å²) in [4.78, 5) is 0.755. The third kappa shape index (κ3) is 2.19. The Kier molecular flexibility index (Phi) is 3.17. The average Bonchev–Trinajstić information content (AvgIpc) is 3.09. The molecule has 0 unspecified atom stereocenters. The van der Waals surface area contributed by atoms with Gasteiger partial charge in [-0.1, -0.05) is 64.9 Å². The van der Waals surface area contributed by atoms with E-state index >= 15 is 0 Å². The van der Waals surface area contributed by atoms with Gasteiger partial charge in [-0.15, -0.1) is 10.2 Å². The zero-order valence-corrected chi connectivity index (χ0v) is 13.3. The zero-order chi connectivity index (χ0) is 15.1. The summed E-state index contributed by atoms with van der Waals surface area (Å²) in [6.07, 6.45) is 0. The largest absolute Gasteiger partial charge is 0.235 e. The van der Waals surface area contributed by atoms with E-state index in [0.717, 1.165) is 21.1 Å². The second-order valence-corrected chi connectivity index (χ2v) is 6.33. The fourth-order valence-electron chi connectivity index (χ4n) is 2.24. The molecule has 0 saturated carbocycles. The molecule has 0 fully saturated rings. The van der Waals surface area contributed by atoms with E-state index in [2.05, 4.69) is 46.5 Å². The Morgan fingerprint density at radius 2 is 1.77 bits per heavy atom. The Hall–Kier alpha value is -2.24. The van der Waals surface area contributed by atoms with Crippen LogP contribution in [0.15, 0.2) is 48.5 Å². The second kappa shape index (κ2) is 5.19. The van der Waals surface area contributed by atoms with Crippen LogP contribution >= 0.6 is 22.9 Å². The summed E-state index contributed by atoms with van der Waals surface area (Å²) in [5.74, 6) is 0.662. The molecule has 0 aliphatic rings. The van der Waals surface area contributed by atoms with E-state index in [1.54, 1.807) is 4.52 Å². The van der Waals surface area contributed by atoms with Crippen molar-refractivity contribution in [1.82, 2.24) is 19.8 Å². The number of halogens is 1. The molecule has 6 heteroatoms. The van der Waals surface area contributed by atoms with Gasteiger partial charge in [0.25, 0.3) is 0 Å². The molecule has 2 aromatic carbocycles. The normalized spacial score (nSPS) is 11.2. The molecule has 4 rings (SSSR count). The molecule has 0 N–H and O–H groups in total. The Morgan fingerprint density at radius 3 is 2.55 bits per heavy atom.